The van der Waals surface area contributed by atoms with Gasteiger partial charge < -0.3 is 14.5 Å². The number of hydrogen-bond donors (Lipinski definition) is 1. The molecule has 2 heterocycles. The van der Waals surface area contributed by atoms with Crippen molar-refractivity contribution in [3.8, 4) is 17.1 Å². The van der Waals surface area contributed by atoms with E-state index in [1.54, 1.807) is 24.5 Å². The second kappa shape index (κ2) is 9.74. The molecule has 4 rings (SSSR count). The topological polar surface area (TPSA) is 95.1 Å². The molecule has 0 radical (unpaired) electrons. The predicted molar refractivity (Wildman–Crippen MR) is 120 cm³/mol. The molecule has 2 aromatic heterocycles. The number of carbonyl (C=O) groups is 1. The van der Waals surface area contributed by atoms with Crippen LogP contribution in [0.5, 0.6) is 5.75 Å². The van der Waals surface area contributed by atoms with Gasteiger partial charge in [-0.1, -0.05) is 42.5 Å². The van der Waals surface area contributed by atoms with Crippen LogP contribution in [0.2, 0.25) is 0 Å². The fraction of sp³-hybridized carbons (Fsp3) is 0.167. The minimum atomic E-state index is -0.340. The zero-order valence-electron chi connectivity index (χ0n) is 17.8. The van der Waals surface area contributed by atoms with E-state index in [4.69, 9.17) is 9.15 Å². The number of aromatic nitrogens is 4. The molecule has 8 nitrogen and oxygen atoms in total. The van der Waals surface area contributed by atoms with Crippen molar-refractivity contribution in [1.29, 1.82) is 0 Å². The smallest absolute Gasteiger partial charge is 0.270 e. The summed E-state index contributed by atoms with van der Waals surface area (Å²) < 4.78 is 12.3. The summed E-state index contributed by atoms with van der Waals surface area (Å²) in [7, 11) is 0. The number of nitrogens with one attached hydrogen (secondary N) is 1. The molecule has 0 saturated carbocycles. The average molecular weight is 429 g/mol. The Bertz CT molecular complexity index is 1180. The molecule has 1 unspecified atom stereocenters. The molecule has 0 bridgehead atoms. The molecule has 32 heavy (non-hydrogen) atoms. The lowest BCUT2D eigenvalue weighted by Crippen LogP contribution is -2.30. The van der Waals surface area contributed by atoms with Crippen LogP contribution in [0.25, 0.3) is 23.2 Å². The maximum absolute atomic E-state index is 13.3. The van der Waals surface area contributed by atoms with E-state index < -0.39 is 0 Å². The first kappa shape index (κ1) is 21.0. The molecule has 1 N–H and O–H groups in total. The van der Waals surface area contributed by atoms with Gasteiger partial charge in [-0.15, -0.1) is 5.10 Å². The number of rotatable bonds is 8. The number of ether oxygens (including phenoxy) is 1. The molecule has 0 spiro atoms. The van der Waals surface area contributed by atoms with Crippen molar-refractivity contribution in [3.05, 3.63) is 84.3 Å². The number of tetrazole rings is 1. The molecule has 0 fully saturated rings. The molecule has 2 aromatic carbocycles. The van der Waals surface area contributed by atoms with Crippen LogP contribution in [-0.2, 0) is 4.79 Å². The van der Waals surface area contributed by atoms with E-state index in [9.17, 15) is 4.79 Å². The molecular weight excluding hydrogens is 406 g/mol. The lowest BCUT2D eigenvalue weighted by atomic mass is 10.1. The SMILES string of the molecule is CCOc1ccc(C(C)NC(=O)/C(=C/c2ccco2)n2nnnc2-c2ccccc2)cc1. The summed E-state index contributed by atoms with van der Waals surface area (Å²) in [4.78, 5) is 13.3. The number of carbonyl (C=O) groups excluding carboxylic acids is 1. The van der Waals surface area contributed by atoms with Crippen LogP contribution in [0, 0.1) is 0 Å². The van der Waals surface area contributed by atoms with Gasteiger partial charge in [0.05, 0.1) is 18.9 Å². The van der Waals surface area contributed by atoms with E-state index in [0.29, 0.717) is 18.2 Å². The fourth-order valence-corrected chi connectivity index (χ4v) is 3.22. The summed E-state index contributed by atoms with van der Waals surface area (Å²) in [5, 5.41) is 15.0. The Kier molecular flexibility index (Phi) is 6.41. The van der Waals surface area contributed by atoms with Gasteiger partial charge in [0.2, 0.25) is 0 Å². The van der Waals surface area contributed by atoms with E-state index in [1.165, 1.54) is 4.68 Å². The highest BCUT2D eigenvalue weighted by molar-refractivity contribution is 6.18. The summed E-state index contributed by atoms with van der Waals surface area (Å²) >= 11 is 0. The van der Waals surface area contributed by atoms with Gasteiger partial charge in [0.25, 0.3) is 5.91 Å². The van der Waals surface area contributed by atoms with Crippen molar-refractivity contribution >= 4 is 17.7 Å². The van der Waals surface area contributed by atoms with Gasteiger partial charge in [-0.3, -0.25) is 4.79 Å². The van der Waals surface area contributed by atoms with Gasteiger partial charge in [0.1, 0.15) is 17.2 Å². The van der Waals surface area contributed by atoms with Gasteiger partial charge in [0, 0.05) is 11.6 Å². The Balaban J connectivity index is 1.64. The minimum Gasteiger partial charge on any atom is -0.494 e. The molecule has 0 saturated heterocycles. The van der Waals surface area contributed by atoms with Crippen LogP contribution in [0.4, 0.5) is 0 Å². The number of amides is 1. The van der Waals surface area contributed by atoms with Crippen molar-refractivity contribution < 1.29 is 13.9 Å². The Morgan fingerprint density at radius 2 is 1.91 bits per heavy atom. The first-order valence-corrected chi connectivity index (χ1v) is 10.3. The Morgan fingerprint density at radius 3 is 2.59 bits per heavy atom. The summed E-state index contributed by atoms with van der Waals surface area (Å²) in [6, 6.07) is 20.3. The predicted octanol–water partition coefficient (Wildman–Crippen LogP) is 4.21. The van der Waals surface area contributed by atoms with Crippen molar-refractivity contribution in [1.82, 2.24) is 25.5 Å². The molecule has 1 amide bonds. The number of furan rings is 1. The van der Waals surface area contributed by atoms with Crippen molar-refractivity contribution in [2.24, 2.45) is 0 Å². The maximum atomic E-state index is 13.3. The molecule has 4 aromatic rings. The van der Waals surface area contributed by atoms with Gasteiger partial charge in [-0.05, 0) is 54.1 Å². The van der Waals surface area contributed by atoms with E-state index in [2.05, 4.69) is 20.8 Å². The van der Waals surface area contributed by atoms with Crippen molar-refractivity contribution in [3.63, 3.8) is 0 Å². The van der Waals surface area contributed by atoms with Crippen molar-refractivity contribution in [2.75, 3.05) is 6.61 Å². The van der Waals surface area contributed by atoms with Gasteiger partial charge in [-0.25, -0.2) is 0 Å². The van der Waals surface area contributed by atoms with E-state index in [0.717, 1.165) is 16.9 Å². The van der Waals surface area contributed by atoms with Crippen LogP contribution in [0.1, 0.15) is 31.2 Å². The van der Waals surface area contributed by atoms with E-state index in [1.807, 2.05) is 68.4 Å². The van der Waals surface area contributed by atoms with Gasteiger partial charge in [-0.2, -0.15) is 4.68 Å². The third kappa shape index (κ3) is 4.75. The van der Waals surface area contributed by atoms with Crippen LogP contribution in [0.3, 0.4) is 0 Å². The third-order valence-corrected chi connectivity index (χ3v) is 4.82. The Hall–Kier alpha value is -4.20. The van der Waals surface area contributed by atoms with Crippen molar-refractivity contribution in [2.45, 2.75) is 19.9 Å². The van der Waals surface area contributed by atoms with Crippen LogP contribution in [-0.4, -0.2) is 32.7 Å². The molecular formula is C24H23N5O3. The lowest BCUT2D eigenvalue weighted by molar-refractivity contribution is -0.116. The number of hydrogen-bond acceptors (Lipinski definition) is 6. The summed E-state index contributed by atoms with van der Waals surface area (Å²) in [6.07, 6.45) is 3.16. The fourth-order valence-electron chi connectivity index (χ4n) is 3.22. The largest absolute Gasteiger partial charge is 0.494 e. The zero-order valence-corrected chi connectivity index (χ0v) is 17.8. The third-order valence-electron chi connectivity index (χ3n) is 4.82. The molecule has 0 aliphatic heterocycles. The summed E-state index contributed by atoms with van der Waals surface area (Å²) in [6.45, 7) is 4.45. The quantitative estimate of drug-likeness (QED) is 0.422. The van der Waals surface area contributed by atoms with E-state index >= 15 is 0 Å². The molecule has 1 atom stereocenters. The second-order valence-corrected chi connectivity index (χ2v) is 7.02. The Labute approximate surface area is 185 Å². The zero-order chi connectivity index (χ0) is 22.3. The average Bonchev–Trinajstić information content (AvgIpc) is 3.51. The monoisotopic (exact) mass is 429 g/mol. The van der Waals surface area contributed by atoms with Gasteiger partial charge >= 0.3 is 0 Å². The number of nitrogens with zero attached hydrogens (tertiary/aromatic N) is 4. The van der Waals surface area contributed by atoms with Crippen LogP contribution in [0.15, 0.2) is 77.4 Å². The maximum Gasteiger partial charge on any atom is 0.270 e. The summed E-state index contributed by atoms with van der Waals surface area (Å²) in [5.74, 6) is 1.41. The number of benzene rings is 2. The Morgan fingerprint density at radius 1 is 1.12 bits per heavy atom. The first-order valence-electron chi connectivity index (χ1n) is 10.3. The molecule has 0 aliphatic rings. The lowest BCUT2D eigenvalue weighted by Gasteiger charge is -2.17. The van der Waals surface area contributed by atoms with Gasteiger partial charge in [0.15, 0.2) is 5.82 Å². The second-order valence-electron chi connectivity index (χ2n) is 7.02. The first-order chi connectivity index (χ1) is 15.7. The van der Waals surface area contributed by atoms with E-state index in [-0.39, 0.29) is 17.6 Å². The molecule has 8 heteroatoms. The summed E-state index contributed by atoms with van der Waals surface area (Å²) in [5.41, 5.74) is 1.97. The molecule has 0 aliphatic carbocycles. The molecule has 162 valence electrons. The van der Waals surface area contributed by atoms with Crippen LogP contribution < -0.4 is 10.1 Å². The normalized spacial score (nSPS) is 12.4. The van der Waals surface area contributed by atoms with Crippen LogP contribution >= 0.6 is 0 Å². The highest BCUT2D eigenvalue weighted by atomic mass is 16.5. The minimum absolute atomic E-state index is 0.238. The highest BCUT2D eigenvalue weighted by Crippen LogP contribution is 2.22. The standard InChI is InChI=1S/C24H23N5O3/c1-3-31-20-13-11-18(12-14-20)17(2)25-24(30)22(16-21-10-7-15-32-21)29-23(26-27-28-29)19-8-5-4-6-9-19/h4-17H,3H2,1-2H3,(H,25,30)/b22-16-. The highest BCUT2D eigenvalue weighted by Gasteiger charge is 2.21.